The van der Waals surface area contributed by atoms with Crippen LogP contribution in [-0.4, -0.2) is 19.5 Å². The minimum atomic E-state index is -0.631. The highest BCUT2D eigenvalue weighted by atomic mass is 15.2. The lowest BCUT2D eigenvalue weighted by atomic mass is 9.64. The second kappa shape index (κ2) is 14.3. The van der Waals surface area contributed by atoms with Crippen molar-refractivity contribution in [3.8, 4) is 57.0 Å². The van der Waals surface area contributed by atoms with E-state index in [-0.39, 0.29) is 0 Å². The van der Waals surface area contributed by atoms with Crippen LogP contribution >= 0.6 is 0 Å². The predicted molar refractivity (Wildman–Crippen MR) is 261 cm³/mol. The van der Waals surface area contributed by atoms with Crippen molar-refractivity contribution in [3.05, 3.63) is 246 Å². The van der Waals surface area contributed by atoms with Crippen LogP contribution in [0.2, 0.25) is 0 Å². The van der Waals surface area contributed by atoms with Crippen LogP contribution in [0.5, 0.6) is 0 Å². The largest absolute Gasteiger partial charge is 0.309 e. The van der Waals surface area contributed by atoms with Crippen molar-refractivity contribution in [1.29, 1.82) is 5.26 Å². The maximum atomic E-state index is 11.1. The molecule has 0 radical (unpaired) electrons. The van der Waals surface area contributed by atoms with E-state index in [0.29, 0.717) is 23.0 Å². The topological polar surface area (TPSA) is 70.6 Å². The van der Waals surface area contributed by atoms with Crippen molar-refractivity contribution >= 4 is 38.9 Å². The fourth-order valence-corrected chi connectivity index (χ4v) is 10.6. The molecule has 9 aromatic carbocycles. The van der Waals surface area contributed by atoms with Gasteiger partial charge in [-0.2, -0.15) is 5.26 Å². The Kier molecular flexibility index (Phi) is 8.08. The SMILES string of the molecule is N#Cc1cc(-c2nc(-c3ccccc3)nc(-c3ccccc3)n2)ccc1N1c2ccccc2C2(c3ccccc3-c3cc(-n4c5ccccc5c5ccccc54)ccc32)c2ccccc21. The van der Waals surface area contributed by atoms with Crippen molar-refractivity contribution in [2.75, 3.05) is 4.90 Å². The van der Waals surface area contributed by atoms with Crippen LogP contribution in [0.3, 0.4) is 0 Å². The zero-order valence-corrected chi connectivity index (χ0v) is 35.0. The Hall–Kier alpha value is -8.92. The van der Waals surface area contributed by atoms with Gasteiger partial charge in [0.1, 0.15) is 6.07 Å². The zero-order valence-electron chi connectivity index (χ0n) is 35.0. The third-order valence-electron chi connectivity index (χ3n) is 13.3. The van der Waals surface area contributed by atoms with Gasteiger partial charge >= 0.3 is 0 Å². The molecule has 1 aliphatic heterocycles. The first-order chi connectivity index (χ1) is 32.2. The summed E-state index contributed by atoms with van der Waals surface area (Å²) in [4.78, 5) is 17.1. The molecule has 0 saturated carbocycles. The lowest BCUT2D eigenvalue weighted by molar-refractivity contribution is 0.752. The number of hydrogen-bond acceptors (Lipinski definition) is 5. The number of nitrogens with zero attached hydrogens (tertiary/aromatic N) is 6. The Labute approximate surface area is 375 Å². The Balaban J connectivity index is 0.994. The molecule has 0 amide bonds. The zero-order chi connectivity index (χ0) is 43.1. The van der Waals surface area contributed by atoms with Crippen molar-refractivity contribution in [1.82, 2.24) is 19.5 Å². The Bertz CT molecular complexity index is 3590. The molecule has 2 aromatic heterocycles. The molecule has 6 nitrogen and oxygen atoms in total. The minimum absolute atomic E-state index is 0.499. The molecule has 0 fully saturated rings. The molecular formula is C59H36N6. The predicted octanol–water partition coefficient (Wildman–Crippen LogP) is 14.0. The Morgan fingerprint density at radius 2 is 0.877 bits per heavy atom. The molecular weight excluding hydrogens is 793 g/mol. The highest BCUT2D eigenvalue weighted by Crippen LogP contribution is 2.63. The first-order valence-corrected chi connectivity index (χ1v) is 21.8. The van der Waals surface area contributed by atoms with Gasteiger partial charge in [0, 0.05) is 33.2 Å². The van der Waals surface area contributed by atoms with E-state index in [1.807, 2.05) is 78.9 Å². The number of aromatic nitrogens is 4. The number of anilines is 3. The first kappa shape index (κ1) is 36.7. The summed E-state index contributed by atoms with van der Waals surface area (Å²) >= 11 is 0. The van der Waals surface area contributed by atoms with Gasteiger partial charge in [0.2, 0.25) is 0 Å². The maximum absolute atomic E-state index is 11.1. The van der Waals surface area contributed by atoms with Gasteiger partial charge in [-0.05, 0) is 88.0 Å². The number of nitriles is 1. The lowest BCUT2D eigenvalue weighted by Gasteiger charge is -2.45. The van der Waals surface area contributed by atoms with Crippen molar-refractivity contribution in [2.24, 2.45) is 0 Å². The normalized spacial score (nSPS) is 13.0. The molecule has 0 bridgehead atoms. The number of benzene rings is 9. The fraction of sp³-hybridized carbons (Fsp3) is 0.0169. The summed E-state index contributed by atoms with van der Waals surface area (Å²) in [5.74, 6) is 1.64. The summed E-state index contributed by atoms with van der Waals surface area (Å²) in [5.41, 5.74) is 15.9. The van der Waals surface area contributed by atoms with Crippen LogP contribution in [0.15, 0.2) is 218 Å². The van der Waals surface area contributed by atoms with Gasteiger partial charge in [-0.3, -0.25) is 0 Å². The molecule has 0 unspecified atom stereocenters. The van der Waals surface area contributed by atoms with E-state index in [2.05, 4.69) is 155 Å². The summed E-state index contributed by atoms with van der Waals surface area (Å²) in [6.45, 7) is 0. The average Bonchev–Trinajstić information content (AvgIpc) is 3.87. The van der Waals surface area contributed by atoms with Crippen LogP contribution in [-0.2, 0) is 5.41 Å². The molecule has 302 valence electrons. The van der Waals surface area contributed by atoms with Gasteiger partial charge in [-0.25, -0.2) is 15.0 Å². The number of hydrogen-bond donors (Lipinski definition) is 0. The second-order valence-corrected chi connectivity index (χ2v) is 16.6. The number of para-hydroxylation sites is 4. The van der Waals surface area contributed by atoms with Crippen LogP contribution in [0, 0.1) is 11.3 Å². The average molecular weight is 829 g/mol. The quantitative estimate of drug-likeness (QED) is 0.173. The third kappa shape index (κ3) is 5.36. The monoisotopic (exact) mass is 828 g/mol. The van der Waals surface area contributed by atoms with Gasteiger partial charge in [0.05, 0.1) is 39.1 Å². The summed E-state index contributed by atoms with van der Waals surface area (Å²) in [7, 11) is 0. The van der Waals surface area contributed by atoms with Gasteiger partial charge in [-0.1, -0.05) is 164 Å². The van der Waals surface area contributed by atoms with Crippen LogP contribution in [0.25, 0.3) is 72.8 Å². The molecule has 3 heterocycles. The van der Waals surface area contributed by atoms with E-state index in [9.17, 15) is 5.26 Å². The third-order valence-corrected chi connectivity index (χ3v) is 13.3. The molecule has 0 N–H and O–H groups in total. The summed E-state index contributed by atoms with van der Waals surface area (Å²) < 4.78 is 2.40. The van der Waals surface area contributed by atoms with Gasteiger partial charge in [0.15, 0.2) is 17.5 Å². The molecule has 6 heteroatoms. The van der Waals surface area contributed by atoms with Crippen LogP contribution in [0.4, 0.5) is 17.1 Å². The molecule has 11 aromatic rings. The highest BCUT2D eigenvalue weighted by molar-refractivity contribution is 6.09. The van der Waals surface area contributed by atoms with Crippen LogP contribution in [0.1, 0.15) is 27.8 Å². The Morgan fingerprint density at radius 1 is 0.385 bits per heavy atom. The number of rotatable bonds is 5. The molecule has 13 rings (SSSR count). The van der Waals surface area contributed by atoms with Crippen molar-refractivity contribution in [2.45, 2.75) is 5.41 Å². The first-order valence-electron chi connectivity index (χ1n) is 21.8. The number of fused-ring (bicyclic) bond motifs is 12. The van der Waals surface area contributed by atoms with Crippen LogP contribution < -0.4 is 4.90 Å². The van der Waals surface area contributed by atoms with Gasteiger partial charge in [0.25, 0.3) is 0 Å². The standard InChI is InChI=1S/C59H36N6/c60-37-41-35-40(58-62-56(38-17-3-1-4-18-38)61-57(63-58)39-19-5-2-6-20-39)31-34-51(41)65-54-29-15-11-25-49(54)59(50-26-12-16-30-55(50)65)47-24-10-7-21-43(47)46-36-42(32-33-48(46)59)64-52-27-13-8-22-44(52)45-23-9-14-28-53(45)64/h1-36H. The van der Waals surface area contributed by atoms with E-state index in [4.69, 9.17) is 15.0 Å². The second-order valence-electron chi connectivity index (χ2n) is 16.6. The van der Waals surface area contributed by atoms with E-state index >= 15 is 0 Å². The molecule has 0 atom stereocenters. The van der Waals surface area contributed by atoms with E-state index < -0.39 is 5.41 Å². The highest BCUT2D eigenvalue weighted by Gasteiger charge is 2.51. The van der Waals surface area contributed by atoms with Crippen molar-refractivity contribution < 1.29 is 0 Å². The van der Waals surface area contributed by atoms with E-state index in [0.717, 1.165) is 50.6 Å². The van der Waals surface area contributed by atoms with E-state index in [1.54, 1.807) is 0 Å². The molecule has 1 spiro atoms. The molecule has 0 saturated heterocycles. The summed E-state index contributed by atoms with van der Waals surface area (Å²) in [5, 5.41) is 13.5. The maximum Gasteiger partial charge on any atom is 0.164 e. The molecule has 2 aliphatic rings. The lowest BCUT2D eigenvalue weighted by Crippen LogP contribution is -2.36. The molecule has 65 heavy (non-hydrogen) atoms. The fourth-order valence-electron chi connectivity index (χ4n) is 10.6. The summed E-state index contributed by atoms with van der Waals surface area (Å²) in [6, 6.07) is 79.2. The van der Waals surface area contributed by atoms with Gasteiger partial charge < -0.3 is 9.47 Å². The smallest absolute Gasteiger partial charge is 0.164 e. The van der Waals surface area contributed by atoms with Gasteiger partial charge in [-0.15, -0.1) is 0 Å². The Morgan fingerprint density at radius 3 is 1.48 bits per heavy atom. The minimum Gasteiger partial charge on any atom is -0.309 e. The molecule has 1 aliphatic carbocycles. The summed E-state index contributed by atoms with van der Waals surface area (Å²) in [6.07, 6.45) is 0. The van der Waals surface area contributed by atoms with Crippen molar-refractivity contribution in [3.63, 3.8) is 0 Å². The van der Waals surface area contributed by atoms with E-state index in [1.165, 1.54) is 44.1 Å².